The Morgan fingerprint density at radius 2 is 2.39 bits per heavy atom. The summed E-state index contributed by atoms with van der Waals surface area (Å²) < 4.78 is 4.85. The van der Waals surface area contributed by atoms with Crippen molar-refractivity contribution in [3.63, 3.8) is 0 Å². The summed E-state index contributed by atoms with van der Waals surface area (Å²) in [6.07, 6.45) is 1.72. The lowest BCUT2D eigenvalue weighted by Crippen LogP contribution is -2.07. The first-order valence-electron chi connectivity index (χ1n) is 5.45. The summed E-state index contributed by atoms with van der Waals surface area (Å²) in [4.78, 5) is 19.6. The number of hydrogen-bond acceptors (Lipinski definition) is 6. The Balaban J connectivity index is 2.16. The van der Waals surface area contributed by atoms with Crippen LogP contribution in [0.4, 0.5) is 0 Å². The molecule has 0 aliphatic carbocycles. The molecule has 0 radical (unpaired) electrons. The van der Waals surface area contributed by atoms with Crippen LogP contribution >= 0.6 is 11.3 Å². The van der Waals surface area contributed by atoms with Gasteiger partial charge < -0.3 is 9.84 Å². The van der Waals surface area contributed by atoms with Gasteiger partial charge >= 0.3 is 5.97 Å². The zero-order valence-corrected chi connectivity index (χ0v) is 10.6. The van der Waals surface area contributed by atoms with Crippen LogP contribution in [0.1, 0.15) is 12.6 Å². The predicted molar refractivity (Wildman–Crippen MR) is 67.3 cm³/mol. The van der Waals surface area contributed by atoms with E-state index in [4.69, 9.17) is 4.74 Å². The molecular weight excluding hydrogens is 252 g/mol. The van der Waals surface area contributed by atoms with Crippen LogP contribution in [0.3, 0.4) is 0 Å². The molecule has 2 aromatic rings. The summed E-state index contributed by atoms with van der Waals surface area (Å²) in [5.74, 6) is -0.228. The average molecular weight is 264 g/mol. The van der Waals surface area contributed by atoms with Crippen LogP contribution in [0, 0.1) is 0 Å². The average Bonchev–Trinajstić information content (AvgIpc) is 2.78. The zero-order valence-electron chi connectivity index (χ0n) is 9.79. The molecule has 5 nitrogen and oxygen atoms in total. The highest BCUT2D eigenvalue weighted by Gasteiger charge is 2.12. The molecule has 0 amide bonds. The second-order valence-electron chi connectivity index (χ2n) is 3.50. The van der Waals surface area contributed by atoms with E-state index in [-0.39, 0.29) is 18.1 Å². The Kier molecular flexibility index (Phi) is 3.88. The van der Waals surface area contributed by atoms with Gasteiger partial charge in [0.15, 0.2) is 0 Å². The van der Waals surface area contributed by atoms with E-state index >= 15 is 0 Å². The van der Waals surface area contributed by atoms with Crippen molar-refractivity contribution in [3.8, 4) is 16.5 Å². The van der Waals surface area contributed by atoms with Crippen molar-refractivity contribution in [2.24, 2.45) is 0 Å². The quantitative estimate of drug-likeness (QED) is 0.855. The van der Waals surface area contributed by atoms with Gasteiger partial charge in [0.05, 0.1) is 18.7 Å². The monoisotopic (exact) mass is 264 g/mol. The van der Waals surface area contributed by atoms with Crippen LogP contribution in [-0.2, 0) is 16.0 Å². The number of aromatic hydroxyl groups is 1. The van der Waals surface area contributed by atoms with Gasteiger partial charge in [-0.05, 0) is 19.1 Å². The molecule has 18 heavy (non-hydrogen) atoms. The number of ether oxygens (including phenoxy) is 1. The first kappa shape index (κ1) is 12.5. The van der Waals surface area contributed by atoms with Crippen molar-refractivity contribution in [2.45, 2.75) is 13.3 Å². The number of carbonyl (C=O) groups excluding carboxylic acids is 1. The molecule has 0 spiro atoms. The van der Waals surface area contributed by atoms with Crippen LogP contribution in [0.25, 0.3) is 10.7 Å². The van der Waals surface area contributed by atoms with Crippen LogP contribution in [0.15, 0.2) is 23.7 Å². The van der Waals surface area contributed by atoms with Gasteiger partial charge in [-0.3, -0.25) is 4.79 Å². The van der Waals surface area contributed by atoms with Gasteiger partial charge in [0.1, 0.15) is 16.5 Å². The highest BCUT2D eigenvalue weighted by atomic mass is 32.1. The summed E-state index contributed by atoms with van der Waals surface area (Å²) in [6, 6.07) is 3.20. The molecule has 0 fully saturated rings. The third-order valence-electron chi connectivity index (χ3n) is 2.17. The summed E-state index contributed by atoms with van der Waals surface area (Å²) in [5, 5.41) is 12.0. The molecule has 0 aromatic carbocycles. The Morgan fingerprint density at radius 1 is 1.56 bits per heavy atom. The van der Waals surface area contributed by atoms with Crippen molar-refractivity contribution in [2.75, 3.05) is 6.61 Å². The minimum absolute atomic E-state index is 0.0783. The van der Waals surface area contributed by atoms with E-state index < -0.39 is 0 Å². The number of aromatic nitrogens is 2. The molecule has 0 aliphatic rings. The van der Waals surface area contributed by atoms with Crippen molar-refractivity contribution >= 4 is 17.3 Å². The molecular formula is C12H12N2O3S. The standard InChI is InChI=1S/C12H12N2O3S/c1-2-17-10(16)6-8-7-18-12(14-8)11-9(15)4-3-5-13-11/h3-5,7,15H,2,6H2,1H3. The fraction of sp³-hybridized carbons (Fsp3) is 0.250. The second kappa shape index (κ2) is 5.59. The lowest BCUT2D eigenvalue weighted by molar-refractivity contribution is -0.142. The van der Waals surface area contributed by atoms with Crippen LogP contribution in [0.2, 0.25) is 0 Å². The van der Waals surface area contributed by atoms with Crippen molar-refractivity contribution in [1.82, 2.24) is 9.97 Å². The third kappa shape index (κ3) is 2.84. The minimum Gasteiger partial charge on any atom is -0.506 e. The van der Waals surface area contributed by atoms with Crippen LogP contribution in [0.5, 0.6) is 5.75 Å². The fourth-order valence-electron chi connectivity index (χ4n) is 1.42. The number of rotatable bonds is 4. The third-order valence-corrected chi connectivity index (χ3v) is 3.07. The normalized spacial score (nSPS) is 10.3. The molecule has 0 saturated heterocycles. The highest BCUT2D eigenvalue weighted by molar-refractivity contribution is 7.13. The second-order valence-corrected chi connectivity index (χ2v) is 4.36. The Bertz CT molecular complexity index is 554. The molecule has 0 unspecified atom stereocenters. The maximum atomic E-state index is 11.3. The number of pyridine rings is 1. The number of thiazole rings is 1. The van der Waals surface area contributed by atoms with Gasteiger partial charge in [-0.15, -0.1) is 11.3 Å². The van der Waals surface area contributed by atoms with E-state index in [0.29, 0.717) is 23.0 Å². The molecule has 94 valence electrons. The van der Waals surface area contributed by atoms with Crippen LogP contribution in [-0.4, -0.2) is 27.7 Å². The molecule has 0 saturated carbocycles. The van der Waals surface area contributed by atoms with Gasteiger partial charge in [-0.2, -0.15) is 0 Å². The molecule has 6 heteroatoms. The van der Waals surface area contributed by atoms with Gasteiger partial charge in [-0.1, -0.05) is 0 Å². The molecule has 2 aromatic heterocycles. The molecule has 0 bridgehead atoms. The van der Waals surface area contributed by atoms with Gasteiger partial charge in [0, 0.05) is 11.6 Å². The van der Waals surface area contributed by atoms with Crippen molar-refractivity contribution in [1.29, 1.82) is 0 Å². The first-order valence-corrected chi connectivity index (χ1v) is 6.33. The largest absolute Gasteiger partial charge is 0.506 e. The maximum absolute atomic E-state index is 11.3. The Labute approximate surface area is 108 Å². The molecule has 0 aliphatic heterocycles. The summed E-state index contributed by atoms with van der Waals surface area (Å²) >= 11 is 1.34. The van der Waals surface area contributed by atoms with Gasteiger partial charge in [-0.25, -0.2) is 9.97 Å². The SMILES string of the molecule is CCOC(=O)Cc1csc(-c2ncccc2O)n1. The molecule has 1 N–H and O–H groups in total. The topological polar surface area (TPSA) is 72.3 Å². The lowest BCUT2D eigenvalue weighted by Gasteiger charge is -1.99. The summed E-state index contributed by atoms with van der Waals surface area (Å²) in [5.41, 5.74) is 1.05. The number of carbonyl (C=O) groups is 1. The fourth-order valence-corrected chi connectivity index (χ4v) is 2.24. The van der Waals surface area contributed by atoms with Crippen LogP contribution < -0.4 is 0 Å². The van der Waals surface area contributed by atoms with E-state index in [1.165, 1.54) is 11.3 Å². The van der Waals surface area contributed by atoms with E-state index in [0.717, 1.165) is 0 Å². The Morgan fingerprint density at radius 3 is 3.11 bits per heavy atom. The van der Waals surface area contributed by atoms with Crippen molar-refractivity contribution < 1.29 is 14.6 Å². The van der Waals surface area contributed by atoms with E-state index in [2.05, 4.69) is 9.97 Å². The Hall–Kier alpha value is -1.95. The number of hydrogen-bond donors (Lipinski definition) is 1. The molecule has 2 heterocycles. The number of esters is 1. The van der Waals surface area contributed by atoms with Gasteiger partial charge in [0.25, 0.3) is 0 Å². The molecule has 0 atom stereocenters. The lowest BCUT2D eigenvalue weighted by atomic mass is 10.3. The van der Waals surface area contributed by atoms with Crippen molar-refractivity contribution in [3.05, 3.63) is 29.4 Å². The maximum Gasteiger partial charge on any atom is 0.311 e. The summed E-state index contributed by atoms with van der Waals surface area (Å²) in [6.45, 7) is 2.12. The van der Waals surface area contributed by atoms with E-state index in [9.17, 15) is 9.90 Å². The smallest absolute Gasteiger partial charge is 0.311 e. The highest BCUT2D eigenvalue weighted by Crippen LogP contribution is 2.28. The van der Waals surface area contributed by atoms with E-state index in [1.54, 1.807) is 30.6 Å². The zero-order chi connectivity index (χ0) is 13.0. The first-order chi connectivity index (χ1) is 8.70. The molecule has 2 rings (SSSR count). The number of nitrogens with zero attached hydrogens (tertiary/aromatic N) is 2. The van der Waals surface area contributed by atoms with E-state index in [1.807, 2.05) is 0 Å². The minimum atomic E-state index is -0.306. The predicted octanol–water partition coefficient (Wildman–Crippen LogP) is 2.02. The van der Waals surface area contributed by atoms with Gasteiger partial charge in [0.2, 0.25) is 0 Å². The summed E-state index contributed by atoms with van der Waals surface area (Å²) in [7, 11) is 0.